The van der Waals surface area contributed by atoms with E-state index in [4.69, 9.17) is 20.2 Å². The Labute approximate surface area is 212 Å². The zero-order chi connectivity index (χ0) is 25.1. The van der Waals surface area contributed by atoms with Gasteiger partial charge in [0, 0.05) is 71.5 Å². The van der Waals surface area contributed by atoms with Crippen molar-refractivity contribution in [1.82, 2.24) is 24.3 Å². The predicted molar refractivity (Wildman–Crippen MR) is 136 cm³/mol. The van der Waals surface area contributed by atoms with Crippen LogP contribution in [-0.4, -0.2) is 108 Å². The minimum atomic E-state index is -0.366. The highest BCUT2D eigenvalue weighted by molar-refractivity contribution is 5.83. The highest BCUT2D eigenvalue weighted by Gasteiger charge is 2.42. The Morgan fingerprint density at radius 3 is 2.69 bits per heavy atom. The molecule has 1 aromatic carbocycles. The average molecular weight is 499 g/mol. The first-order valence-corrected chi connectivity index (χ1v) is 13.2. The number of imidazole rings is 1. The summed E-state index contributed by atoms with van der Waals surface area (Å²) in [4.78, 5) is 37.1. The van der Waals surface area contributed by atoms with Gasteiger partial charge in [0.25, 0.3) is 0 Å². The summed E-state index contributed by atoms with van der Waals surface area (Å²) in [6, 6.07) is 7.84. The van der Waals surface area contributed by atoms with E-state index in [1.165, 1.54) is 0 Å². The number of amides is 3. The van der Waals surface area contributed by atoms with Crippen molar-refractivity contribution in [2.45, 2.75) is 37.8 Å². The van der Waals surface area contributed by atoms with Crippen molar-refractivity contribution in [2.75, 3.05) is 66.2 Å². The maximum atomic E-state index is 13.6. The zero-order valence-electron chi connectivity index (χ0n) is 21.2. The van der Waals surface area contributed by atoms with Crippen LogP contribution in [0.4, 0.5) is 4.79 Å². The van der Waals surface area contributed by atoms with E-state index in [-0.39, 0.29) is 29.8 Å². The van der Waals surface area contributed by atoms with Gasteiger partial charge in [-0.1, -0.05) is 12.1 Å². The molecule has 4 heterocycles. The van der Waals surface area contributed by atoms with Crippen molar-refractivity contribution in [3.8, 4) is 0 Å². The quantitative estimate of drug-likeness (QED) is 0.605. The van der Waals surface area contributed by atoms with Gasteiger partial charge < -0.3 is 34.5 Å². The average Bonchev–Trinajstić information content (AvgIpc) is 3.49. The molecule has 5 rings (SSSR count). The molecule has 0 spiro atoms. The lowest BCUT2D eigenvalue weighted by Crippen LogP contribution is -2.48. The molecular weight excluding hydrogens is 460 g/mol. The smallest absolute Gasteiger partial charge is 0.320 e. The van der Waals surface area contributed by atoms with Gasteiger partial charge in [0.15, 0.2) is 0 Å². The molecule has 3 fully saturated rings. The number of rotatable bonds is 6. The molecule has 2 aromatic rings. The second-order valence-corrected chi connectivity index (χ2v) is 10.1. The minimum Gasteiger partial charge on any atom is -0.385 e. The third kappa shape index (κ3) is 5.07. The molecule has 36 heavy (non-hydrogen) atoms. The Balaban J connectivity index is 1.28. The SMILES string of the molecule is COCCCn1c([C@@H]2CCCN(C(=O)[C@@H]3CN(C(=O)N4CCOCC4)C[C@H]3N)C2)nc2ccccc21. The van der Waals surface area contributed by atoms with Crippen molar-refractivity contribution in [2.24, 2.45) is 11.7 Å². The Hall–Kier alpha value is -2.69. The first-order chi connectivity index (χ1) is 17.6. The van der Waals surface area contributed by atoms with Crippen molar-refractivity contribution < 1.29 is 19.1 Å². The summed E-state index contributed by atoms with van der Waals surface area (Å²) >= 11 is 0. The summed E-state index contributed by atoms with van der Waals surface area (Å²) in [5.41, 5.74) is 8.54. The number of piperidine rings is 1. The Kier molecular flexibility index (Phi) is 7.73. The lowest BCUT2D eigenvalue weighted by atomic mass is 9.94. The van der Waals surface area contributed by atoms with Gasteiger partial charge >= 0.3 is 6.03 Å². The molecule has 1 aromatic heterocycles. The number of carbonyl (C=O) groups excluding carboxylic acids is 2. The van der Waals surface area contributed by atoms with Crippen LogP contribution in [0.2, 0.25) is 0 Å². The normalized spacial score (nSPS) is 25.1. The summed E-state index contributed by atoms with van der Waals surface area (Å²) in [6.45, 7) is 5.96. The fourth-order valence-electron chi connectivity index (χ4n) is 5.83. The van der Waals surface area contributed by atoms with Crippen molar-refractivity contribution in [1.29, 1.82) is 0 Å². The van der Waals surface area contributed by atoms with Gasteiger partial charge in [0.2, 0.25) is 5.91 Å². The number of benzene rings is 1. The fourth-order valence-corrected chi connectivity index (χ4v) is 5.83. The van der Waals surface area contributed by atoms with Gasteiger partial charge in [-0.15, -0.1) is 0 Å². The van der Waals surface area contributed by atoms with Crippen LogP contribution in [-0.2, 0) is 20.8 Å². The first-order valence-electron chi connectivity index (χ1n) is 13.2. The number of ether oxygens (including phenoxy) is 2. The molecule has 3 aliphatic rings. The van der Waals surface area contributed by atoms with E-state index in [1.54, 1.807) is 16.9 Å². The number of nitrogens with zero attached hydrogens (tertiary/aromatic N) is 5. The van der Waals surface area contributed by atoms with Gasteiger partial charge in [-0.05, 0) is 31.4 Å². The van der Waals surface area contributed by atoms with Gasteiger partial charge in [0.1, 0.15) is 5.82 Å². The van der Waals surface area contributed by atoms with Crippen LogP contribution in [0.5, 0.6) is 0 Å². The standard InChI is InChI=1S/C26H38N6O4/c1-35-13-5-10-32-23-8-3-2-7-22(23)28-24(32)19-6-4-9-30(16-19)25(33)20-17-31(18-21(20)27)26(34)29-11-14-36-15-12-29/h2-3,7-8,19-21H,4-6,9-18,27H2,1H3/t19-,20-,21-/m1/s1. The number of hydrogen-bond acceptors (Lipinski definition) is 6. The molecular formula is C26H38N6O4. The highest BCUT2D eigenvalue weighted by Crippen LogP contribution is 2.31. The van der Waals surface area contributed by atoms with E-state index in [2.05, 4.69) is 16.7 Å². The van der Waals surface area contributed by atoms with E-state index in [0.717, 1.165) is 49.2 Å². The number of fused-ring (bicyclic) bond motifs is 1. The molecule has 3 saturated heterocycles. The molecule has 10 heteroatoms. The van der Waals surface area contributed by atoms with Crippen molar-refractivity contribution >= 4 is 23.0 Å². The first kappa shape index (κ1) is 25.0. The van der Waals surface area contributed by atoms with Crippen LogP contribution >= 0.6 is 0 Å². The molecule has 3 atom stereocenters. The molecule has 0 unspecified atom stereocenters. The van der Waals surface area contributed by atoms with Crippen LogP contribution in [0, 0.1) is 5.92 Å². The topological polar surface area (TPSA) is 106 Å². The van der Waals surface area contributed by atoms with Crippen LogP contribution < -0.4 is 5.73 Å². The van der Waals surface area contributed by atoms with E-state index in [9.17, 15) is 9.59 Å². The number of aromatic nitrogens is 2. The summed E-state index contributed by atoms with van der Waals surface area (Å²) in [7, 11) is 1.72. The summed E-state index contributed by atoms with van der Waals surface area (Å²) in [5.74, 6) is 0.909. The number of carbonyl (C=O) groups is 2. The van der Waals surface area contributed by atoms with Crippen molar-refractivity contribution in [3.63, 3.8) is 0 Å². The van der Waals surface area contributed by atoms with Gasteiger partial charge in [-0.25, -0.2) is 9.78 Å². The summed E-state index contributed by atoms with van der Waals surface area (Å²) < 4.78 is 12.9. The molecule has 196 valence electrons. The Morgan fingerprint density at radius 2 is 1.89 bits per heavy atom. The van der Waals surface area contributed by atoms with Gasteiger partial charge in [-0.2, -0.15) is 0 Å². The fraction of sp³-hybridized carbons (Fsp3) is 0.654. The number of nitrogens with two attached hydrogens (primary N) is 1. The molecule has 3 aliphatic heterocycles. The second kappa shape index (κ2) is 11.1. The lowest BCUT2D eigenvalue weighted by Gasteiger charge is -2.35. The van der Waals surface area contributed by atoms with Crippen LogP contribution in [0.15, 0.2) is 24.3 Å². The number of para-hydroxylation sites is 2. The molecule has 0 aliphatic carbocycles. The van der Waals surface area contributed by atoms with E-state index >= 15 is 0 Å². The third-order valence-electron chi connectivity index (χ3n) is 7.75. The third-order valence-corrected chi connectivity index (χ3v) is 7.75. The largest absolute Gasteiger partial charge is 0.385 e. The molecule has 3 amide bonds. The van der Waals surface area contributed by atoms with Crippen LogP contribution in [0.1, 0.15) is 31.0 Å². The van der Waals surface area contributed by atoms with E-state index in [0.29, 0.717) is 52.5 Å². The summed E-state index contributed by atoms with van der Waals surface area (Å²) in [5, 5.41) is 0. The van der Waals surface area contributed by atoms with E-state index in [1.807, 2.05) is 17.0 Å². The minimum absolute atomic E-state index is 0.0367. The number of methoxy groups -OCH3 is 1. The Morgan fingerprint density at radius 1 is 1.08 bits per heavy atom. The maximum Gasteiger partial charge on any atom is 0.320 e. The second-order valence-electron chi connectivity index (χ2n) is 10.1. The highest BCUT2D eigenvalue weighted by atomic mass is 16.5. The lowest BCUT2D eigenvalue weighted by molar-refractivity contribution is -0.136. The molecule has 2 N–H and O–H groups in total. The van der Waals surface area contributed by atoms with Gasteiger partial charge in [0.05, 0.1) is 30.2 Å². The van der Waals surface area contributed by atoms with Crippen molar-refractivity contribution in [3.05, 3.63) is 30.1 Å². The maximum absolute atomic E-state index is 13.6. The number of likely N-dealkylation sites (tertiary alicyclic amines) is 2. The summed E-state index contributed by atoms with van der Waals surface area (Å²) in [6.07, 6.45) is 2.83. The molecule has 0 radical (unpaired) electrons. The molecule has 0 saturated carbocycles. The Bertz CT molecular complexity index is 1070. The number of hydrogen-bond donors (Lipinski definition) is 1. The molecule has 0 bridgehead atoms. The molecule has 10 nitrogen and oxygen atoms in total. The van der Waals surface area contributed by atoms with E-state index < -0.39 is 0 Å². The monoisotopic (exact) mass is 498 g/mol. The number of morpholine rings is 1. The van der Waals surface area contributed by atoms with Crippen LogP contribution in [0.25, 0.3) is 11.0 Å². The predicted octanol–water partition coefficient (Wildman–Crippen LogP) is 1.49. The number of aryl methyl sites for hydroxylation is 1. The zero-order valence-corrected chi connectivity index (χ0v) is 21.2. The van der Waals surface area contributed by atoms with Gasteiger partial charge in [-0.3, -0.25) is 4.79 Å². The van der Waals surface area contributed by atoms with Crippen LogP contribution in [0.3, 0.4) is 0 Å². The number of urea groups is 1.